The third kappa shape index (κ3) is 7.03. The molecule has 46 heavy (non-hydrogen) atoms. The number of benzene rings is 3. The Hall–Kier alpha value is -4.79. The van der Waals surface area contributed by atoms with E-state index < -0.39 is 51.8 Å². The quantitative estimate of drug-likeness (QED) is 0.129. The highest BCUT2D eigenvalue weighted by atomic mass is 32.2. The first-order valence-electron chi connectivity index (χ1n) is 14.6. The summed E-state index contributed by atoms with van der Waals surface area (Å²) in [5.41, 5.74) is 0.765. The fourth-order valence-electron chi connectivity index (χ4n) is 5.31. The van der Waals surface area contributed by atoms with Gasteiger partial charge in [-0.15, -0.1) is 0 Å². The number of ether oxygens (including phenoxy) is 2. The van der Waals surface area contributed by atoms with E-state index >= 15 is 0 Å². The molecule has 2 heterocycles. The lowest BCUT2D eigenvalue weighted by molar-refractivity contribution is -0.186. The second kappa shape index (κ2) is 13.7. The minimum atomic E-state index is -3.97. The minimum absolute atomic E-state index is 0.00102. The maximum absolute atomic E-state index is 13.9. The summed E-state index contributed by atoms with van der Waals surface area (Å²) in [7, 11) is -2.50. The van der Waals surface area contributed by atoms with Gasteiger partial charge in [0.1, 0.15) is 17.8 Å². The van der Waals surface area contributed by atoms with Gasteiger partial charge in [0.05, 0.1) is 18.6 Å². The summed E-state index contributed by atoms with van der Waals surface area (Å²) in [6, 6.07) is 14.8. The van der Waals surface area contributed by atoms with Crippen LogP contribution in [0.15, 0.2) is 83.3 Å². The Morgan fingerprint density at radius 2 is 1.80 bits per heavy atom. The first-order chi connectivity index (χ1) is 22.0. The molecule has 3 atom stereocenters. The molecule has 3 aromatic carbocycles. The van der Waals surface area contributed by atoms with Crippen LogP contribution >= 0.6 is 0 Å². The SMILES string of the molecule is COc1ccc(S(=O)(=O)NCC2=CC[C@H](NC(=O)c3ccc4ccccc4c3)C(=O)N([C@@H](C)C(=O)N(O)[C@H]3CCOC3=O)C2)cc1. The zero-order valence-corrected chi connectivity index (χ0v) is 26.0. The molecule has 2 aliphatic heterocycles. The summed E-state index contributed by atoms with van der Waals surface area (Å²) in [5.74, 6) is -2.35. The molecule has 1 saturated heterocycles. The predicted molar refractivity (Wildman–Crippen MR) is 165 cm³/mol. The van der Waals surface area contributed by atoms with Crippen LogP contribution in [0, 0.1) is 0 Å². The van der Waals surface area contributed by atoms with E-state index in [2.05, 4.69) is 10.0 Å². The third-order valence-electron chi connectivity index (χ3n) is 8.03. The number of hydrogen-bond donors (Lipinski definition) is 3. The second-order valence-electron chi connectivity index (χ2n) is 11.0. The molecule has 1 fully saturated rings. The van der Waals surface area contributed by atoms with Gasteiger partial charge in [0, 0.05) is 25.1 Å². The van der Waals surface area contributed by atoms with E-state index in [0.29, 0.717) is 16.9 Å². The number of carbonyl (C=O) groups excluding carboxylic acids is 4. The van der Waals surface area contributed by atoms with Crippen molar-refractivity contribution in [1.29, 1.82) is 0 Å². The third-order valence-corrected chi connectivity index (χ3v) is 9.44. The lowest BCUT2D eigenvalue weighted by Crippen LogP contribution is -2.56. The first-order valence-corrected chi connectivity index (χ1v) is 16.1. The number of fused-ring (bicyclic) bond motifs is 1. The minimum Gasteiger partial charge on any atom is -0.497 e. The maximum atomic E-state index is 13.9. The van der Waals surface area contributed by atoms with E-state index in [-0.39, 0.29) is 42.5 Å². The lowest BCUT2D eigenvalue weighted by Gasteiger charge is -2.33. The van der Waals surface area contributed by atoms with Crippen molar-refractivity contribution in [2.24, 2.45) is 0 Å². The smallest absolute Gasteiger partial charge is 0.331 e. The van der Waals surface area contributed by atoms with Gasteiger partial charge in [0.2, 0.25) is 15.9 Å². The topological polar surface area (TPSA) is 172 Å². The summed E-state index contributed by atoms with van der Waals surface area (Å²) in [6.45, 7) is 1.02. The summed E-state index contributed by atoms with van der Waals surface area (Å²) >= 11 is 0. The number of rotatable bonds is 10. The molecule has 0 radical (unpaired) electrons. The van der Waals surface area contributed by atoms with Gasteiger partial charge >= 0.3 is 5.97 Å². The van der Waals surface area contributed by atoms with Gasteiger partial charge in [-0.2, -0.15) is 0 Å². The van der Waals surface area contributed by atoms with E-state index in [9.17, 15) is 32.8 Å². The summed E-state index contributed by atoms with van der Waals surface area (Å²) in [6.07, 6.45) is 1.74. The summed E-state index contributed by atoms with van der Waals surface area (Å²) in [5, 5.41) is 15.4. The van der Waals surface area contributed by atoms with Crippen molar-refractivity contribution in [2.45, 2.75) is 42.8 Å². The van der Waals surface area contributed by atoms with E-state index in [4.69, 9.17) is 9.47 Å². The van der Waals surface area contributed by atoms with Crippen LogP contribution < -0.4 is 14.8 Å². The molecule has 5 rings (SSSR count). The van der Waals surface area contributed by atoms with Gasteiger partial charge in [-0.25, -0.2) is 23.0 Å². The normalized spacial score (nSPS) is 19.2. The van der Waals surface area contributed by atoms with Crippen LogP contribution in [0.5, 0.6) is 5.75 Å². The molecule has 14 heteroatoms. The number of cyclic esters (lactones) is 1. The fourth-order valence-corrected chi connectivity index (χ4v) is 6.34. The summed E-state index contributed by atoms with van der Waals surface area (Å²) in [4.78, 5) is 53.7. The van der Waals surface area contributed by atoms with Crippen molar-refractivity contribution in [1.82, 2.24) is 20.0 Å². The highest BCUT2D eigenvalue weighted by Crippen LogP contribution is 2.22. The number of amides is 3. The molecule has 0 saturated carbocycles. The molecule has 0 aliphatic carbocycles. The molecule has 13 nitrogen and oxygen atoms in total. The molecule has 3 amide bonds. The molecule has 0 spiro atoms. The Morgan fingerprint density at radius 1 is 1.09 bits per heavy atom. The van der Waals surface area contributed by atoms with Gasteiger partial charge in [-0.05, 0) is 66.1 Å². The number of nitrogens with zero attached hydrogens (tertiary/aromatic N) is 2. The molecule has 0 bridgehead atoms. The van der Waals surface area contributed by atoms with Crippen LogP contribution in [0.2, 0.25) is 0 Å². The zero-order chi connectivity index (χ0) is 33.0. The number of esters is 1. The van der Waals surface area contributed by atoms with Crippen LogP contribution in [0.4, 0.5) is 0 Å². The Bertz CT molecular complexity index is 1790. The first kappa shape index (κ1) is 32.6. The lowest BCUT2D eigenvalue weighted by atomic mass is 10.1. The number of hydrogen-bond acceptors (Lipinski definition) is 9. The Labute approximate surface area is 265 Å². The largest absolute Gasteiger partial charge is 0.497 e. The molecule has 2 aliphatic rings. The second-order valence-corrected chi connectivity index (χ2v) is 12.7. The average Bonchev–Trinajstić information content (AvgIpc) is 3.44. The molecule has 0 unspecified atom stereocenters. The number of carbonyl (C=O) groups is 4. The van der Waals surface area contributed by atoms with Crippen molar-refractivity contribution in [2.75, 3.05) is 26.8 Å². The van der Waals surface area contributed by atoms with E-state index in [1.165, 1.54) is 38.3 Å². The maximum Gasteiger partial charge on any atom is 0.331 e. The van der Waals surface area contributed by atoms with Crippen LogP contribution in [-0.2, 0) is 29.1 Å². The number of methoxy groups -OCH3 is 1. The summed E-state index contributed by atoms with van der Waals surface area (Å²) < 4.78 is 38.5. The highest BCUT2D eigenvalue weighted by Gasteiger charge is 2.41. The van der Waals surface area contributed by atoms with Gasteiger partial charge < -0.3 is 19.7 Å². The van der Waals surface area contributed by atoms with Crippen molar-refractivity contribution in [3.8, 4) is 5.75 Å². The molecular formula is C32H34N4O9S. The molecular weight excluding hydrogens is 616 g/mol. The van der Waals surface area contributed by atoms with E-state index in [0.717, 1.165) is 15.7 Å². The molecule has 3 N–H and O–H groups in total. The Balaban J connectivity index is 1.38. The van der Waals surface area contributed by atoms with Crippen LogP contribution in [0.1, 0.15) is 30.1 Å². The highest BCUT2D eigenvalue weighted by molar-refractivity contribution is 7.89. The van der Waals surface area contributed by atoms with Crippen molar-refractivity contribution < 1.29 is 42.3 Å². The number of nitrogens with one attached hydrogen (secondary N) is 2. The van der Waals surface area contributed by atoms with Crippen LogP contribution in [0.3, 0.4) is 0 Å². The van der Waals surface area contributed by atoms with Gasteiger partial charge in [0.15, 0.2) is 6.04 Å². The monoisotopic (exact) mass is 650 g/mol. The van der Waals surface area contributed by atoms with E-state index in [1.54, 1.807) is 24.3 Å². The van der Waals surface area contributed by atoms with Crippen LogP contribution in [0.25, 0.3) is 10.8 Å². The standard InChI is InChI=1S/C32H34N4O9S/c1-20(30(38)36(41)28-15-16-45-32(28)40)35-19-21(18-33-46(42,43)26-12-10-25(44-2)11-13-26)7-14-27(31(35)39)34-29(37)24-9-8-22-5-3-4-6-23(22)17-24/h3-13,17,20,27-28,33,41H,14-16,18-19H2,1-2H3,(H,34,37)/t20-,27-,28-/m0/s1. The van der Waals surface area contributed by atoms with E-state index in [1.807, 2.05) is 24.3 Å². The van der Waals surface area contributed by atoms with Gasteiger partial charge in [-0.3, -0.25) is 19.6 Å². The van der Waals surface area contributed by atoms with Crippen molar-refractivity contribution in [3.63, 3.8) is 0 Å². The Morgan fingerprint density at radius 3 is 2.48 bits per heavy atom. The predicted octanol–water partition coefficient (Wildman–Crippen LogP) is 2.01. The number of sulfonamides is 1. The Kier molecular flexibility index (Phi) is 9.70. The van der Waals surface area contributed by atoms with Gasteiger partial charge in [-0.1, -0.05) is 36.4 Å². The zero-order valence-electron chi connectivity index (χ0n) is 25.2. The van der Waals surface area contributed by atoms with Crippen molar-refractivity contribution in [3.05, 3.63) is 83.9 Å². The molecule has 242 valence electrons. The number of hydroxylamine groups is 2. The van der Waals surface area contributed by atoms with Crippen LogP contribution in [-0.4, -0.2) is 92.2 Å². The van der Waals surface area contributed by atoms with Gasteiger partial charge in [0.25, 0.3) is 11.8 Å². The fraction of sp³-hybridized carbons (Fsp3) is 0.312. The average molecular weight is 651 g/mol. The van der Waals surface area contributed by atoms with Crippen molar-refractivity contribution >= 4 is 44.5 Å². The molecule has 0 aromatic heterocycles. The molecule has 3 aromatic rings.